The molecule has 0 amide bonds. The van der Waals surface area contributed by atoms with Gasteiger partial charge in [-0.05, 0) is 31.2 Å². The zero-order chi connectivity index (χ0) is 12.8. The molecule has 0 fully saturated rings. The van der Waals surface area contributed by atoms with Crippen LogP contribution in [-0.2, 0) is 0 Å². The lowest BCUT2D eigenvalue weighted by molar-refractivity contribution is 0.102. The van der Waals surface area contributed by atoms with Crippen LogP contribution < -0.4 is 4.74 Å². The van der Waals surface area contributed by atoms with Crippen LogP contribution >= 0.6 is 11.8 Å². The van der Waals surface area contributed by atoms with Gasteiger partial charge in [0, 0.05) is 5.56 Å². The lowest BCUT2D eigenvalue weighted by Crippen LogP contribution is -2.02. The van der Waals surface area contributed by atoms with Crippen LogP contribution in [0.1, 0.15) is 17.3 Å². The van der Waals surface area contributed by atoms with Crippen molar-refractivity contribution in [1.82, 2.24) is 4.98 Å². The second-order valence-corrected chi connectivity index (χ2v) is 4.39. The number of carbonyl (C=O) groups excluding carboxylic acids is 1. The van der Waals surface area contributed by atoms with Gasteiger partial charge in [-0.1, -0.05) is 11.8 Å². The minimum Gasteiger partial charge on any atom is -0.494 e. The highest BCUT2D eigenvalue weighted by Gasteiger charge is 2.08. The van der Waals surface area contributed by atoms with Crippen LogP contribution in [0, 0.1) is 0 Å². The Morgan fingerprint density at radius 2 is 2.17 bits per heavy atom. The highest BCUT2D eigenvalue weighted by molar-refractivity contribution is 7.99. The lowest BCUT2D eigenvalue weighted by atomic mass is 10.1. The van der Waals surface area contributed by atoms with Gasteiger partial charge in [-0.25, -0.2) is 4.98 Å². The molecule has 0 aliphatic heterocycles. The average molecular weight is 263 g/mol. The summed E-state index contributed by atoms with van der Waals surface area (Å²) in [5.74, 6) is 1.13. The fourth-order valence-electron chi connectivity index (χ4n) is 1.40. The third-order valence-electron chi connectivity index (χ3n) is 2.22. The maximum atomic E-state index is 11.9. The van der Waals surface area contributed by atoms with E-state index in [0.717, 1.165) is 5.75 Å². The molecule has 18 heavy (non-hydrogen) atoms. The maximum Gasteiger partial charge on any atom is 0.255 e. The smallest absolute Gasteiger partial charge is 0.255 e. The molecule has 2 aromatic rings. The number of ketones is 1. The third kappa shape index (κ3) is 3.37. The van der Waals surface area contributed by atoms with E-state index in [0.29, 0.717) is 23.1 Å². The van der Waals surface area contributed by atoms with Gasteiger partial charge in [-0.3, -0.25) is 4.79 Å². The Balaban J connectivity index is 1.92. The number of carbonyl (C=O) groups is 1. The topological polar surface area (TPSA) is 52.3 Å². The van der Waals surface area contributed by atoms with Gasteiger partial charge in [-0.2, -0.15) is 0 Å². The fraction of sp³-hybridized carbons (Fsp3) is 0.231. The molecule has 0 bridgehead atoms. The number of Topliss-reactive ketones (excluding diaryl/α,β-unsaturated/α-hetero) is 1. The first-order valence-electron chi connectivity index (χ1n) is 5.58. The van der Waals surface area contributed by atoms with Crippen molar-refractivity contribution in [1.29, 1.82) is 0 Å². The summed E-state index contributed by atoms with van der Waals surface area (Å²) >= 11 is 1.29. The van der Waals surface area contributed by atoms with Gasteiger partial charge < -0.3 is 9.15 Å². The Hall–Kier alpha value is -1.75. The summed E-state index contributed by atoms with van der Waals surface area (Å²) in [6.45, 7) is 2.54. The molecule has 0 atom stereocenters. The summed E-state index contributed by atoms with van der Waals surface area (Å²) in [6, 6.07) is 7.13. The van der Waals surface area contributed by atoms with Crippen LogP contribution in [0.15, 0.2) is 46.4 Å². The normalized spacial score (nSPS) is 10.3. The van der Waals surface area contributed by atoms with E-state index in [2.05, 4.69) is 4.98 Å². The number of aromatic nitrogens is 1. The number of thioether (sulfide) groups is 1. The molecule has 0 saturated heterocycles. The Morgan fingerprint density at radius 1 is 1.39 bits per heavy atom. The van der Waals surface area contributed by atoms with Gasteiger partial charge in [0.05, 0.1) is 18.6 Å². The third-order valence-corrected chi connectivity index (χ3v) is 3.08. The van der Waals surface area contributed by atoms with E-state index in [1.165, 1.54) is 18.0 Å². The Bertz CT molecular complexity index is 493. The van der Waals surface area contributed by atoms with E-state index < -0.39 is 0 Å². The molecule has 94 valence electrons. The molecule has 5 heteroatoms. The number of hydrogen-bond donors (Lipinski definition) is 0. The number of hydrogen-bond acceptors (Lipinski definition) is 5. The van der Waals surface area contributed by atoms with Crippen LogP contribution in [0.2, 0.25) is 0 Å². The van der Waals surface area contributed by atoms with E-state index >= 15 is 0 Å². The molecule has 0 aliphatic rings. The van der Waals surface area contributed by atoms with Gasteiger partial charge in [0.15, 0.2) is 5.78 Å². The first kappa shape index (κ1) is 12.7. The molecular formula is C13H13NO3S. The fourth-order valence-corrected chi connectivity index (χ4v) is 2.08. The number of ether oxygens (including phenoxy) is 1. The van der Waals surface area contributed by atoms with Crippen LogP contribution in [0.5, 0.6) is 5.75 Å². The van der Waals surface area contributed by atoms with Crippen molar-refractivity contribution < 1.29 is 13.9 Å². The van der Waals surface area contributed by atoms with Gasteiger partial charge >= 0.3 is 0 Å². The summed E-state index contributed by atoms with van der Waals surface area (Å²) in [7, 11) is 0. The first-order valence-corrected chi connectivity index (χ1v) is 6.56. The van der Waals surface area contributed by atoms with E-state index in [4.69, 9.17) is 9.15 Å². The van der Waals surface area contributed by atoms with Crippen molar-refractivity contribution in [3.05, 3.63) is 42.3 Å². The van der Waals surface area contributed by atoms with Crippen LogP contribution in [0.3, 0.4) is 0 Å². The SMILES string of the molecule is CCOc1ccc(C(=O)CSc2ncco2)cc1. The summed E-state index contributed by atoms with van der Waals surface area (Å²) in [5.41, 5.74) is 0.664. The van der Waals surface area contributed by atoms with Crippen LogP contribution in [-0.4, -0.2) is 23.1 Å². The van der Waals surface area contributed by atoms with E-state index in [1.807, 2.05) is 6.92 Å². The predicted molar refractivity (Wildman–Crippen MR) is 69.2 cm³/mol. The minimum atomic E-state index is 0.0428. The lowest BCUT2D eigenvalue weighted by Gasteiger charge is -2.03. The molecule has 1 aromatic heterocycles. The monoisotopic (exact) mass is 263 g/mol. The Labute approximate surface area is 109 Å². The summed E-state index contributed by atoms with van der Waals surface area (Å²) in [5, 5.41) is 0.509. The zero-order valence-electron chi connectivity index (χ0n) is 9.96. The second kappa shape index (κ2) is 6.26. The highest BCUT2D eigenvalue weighted by atomic mass is 32.2. The number of rotatable bonds is 6. The molecule has 0 radical (unpaired) electrons. The molecule has 2 rings (SSSR count). The Kier molecular flexibility index (Phi) is 4.41. The number of benzene rings is 1. The average Bonchev–Trinajstić information content (AvgIpc) is 2.90. The molecule has 4 nitrogen and oxygen atoms in total. The molecule has 0 aliphatic carbocycles. The van der Waals surface area contributed by atoms with E-state index in [9.17, 15) is 4.79 Å². The highest BCUT2D eigenvalue weighted by Crippen LogP contribution is 2.18. The van der Waals surface area contributed by atoms with Gasteiger partial charge in [-0.15, -0.1) is 0 Å². The minimum absolute atomic E-state index is 0.0428. The summed E-state index contributed by atoms with van der Waals surface area (Å²) in [4.78, 5) is 15.8. The molecule has 1 heterocycles. The van der Waals surface area contributed by atoms with E-state index in [-0.39, 0.29) is 5.78 Å². The largest absolute Gasteiger partial charge is 0.494 e. The number of nitrogens with zero attached hydrogens (tertiary/aromatic N) is 1. The zero-order valence-corrected chi connectivity index (χ0v) is 10.8. The van der Waals surface area contributed by atoms with Crippen molar-refractivity contribution in [2.75, 3.05) is 12.4 Å². The maximum absolute atomic E-state index is 11.9. The summed E-state index contributed by atoms with van der Waals surface area (Å²) in [6.07, 6.45) is 3.05. The number of oxazole rings is 1. The molecule has 0 spiro atoms. The quantitative estimate of drug-likeness (QED) is 0.592. The molecular weight excluding hydrogens is 250 g/mol. The van der Waals surface area contributed by atoms with Gasteiger partial charge in [0.25, 0.3) is 5.22 Å². The van der Waals surface area contributed by atoms with Crippen molar-refractivity contribution in [3.63, 3.8) is 0 Å². The van der Waals surface area contributed by atoms with Crippen molar-refractivity contribution in [2.24, 2.45) is 0 Å². The standard InChI is InChI=1S/C13H13NO3S/c1-2-16-11-5-3-10(4-6-11)12(15)9-18-13-14-7-8-17-13/h3-8H,2,9H2,1H3. The second-order valence-electron chi connectivity index (χ2n) is 3.47. The van der Waals surface area contributed by atoms with Gasteiger partial charge in [0.1, 0.15) is 12.0 Å². The van der Waals surface area contributed by atoms with E-state index in [1.54, 1.807) is 30.5 Å². The molecule has 0 N–H and O–H groups in total. The van der Waals surface area contributed by atoms with Gasteiger partial charge in [0.2, 0.25) is 0 Å². The van der Waals surface area contributed by atoms with Crippen LogP contribution in [0.4, 0.5) is 0 Å². The van der Waals surface area contributed by atoms with Crippen molar-refractivity contribution >= 4 is 17.5 Å². The molecule has 0 unspecified atom stereocenters. The van der Waals surface area contributed by atoms with Crippen LogP contribution in [0.25, 0.3) is 0 Å². The first-order chi connectivity index (χ1) is 8.79. The summed E-state index contributed by atoms with van der Waals surface area (Å²) < 4.78 is 10.4. The molecule has 1 aromatic carbocycles. The Morgan fingerprint density at radius 3 is 2.78 bits per heavy atom. The van der Waals surface area contributed by atoms with Crippen molar-refractivity contribution in [2.45, 2.75) is 12.1 Å². The molecule has 0 saturated carbocycles. The van der Waals surface area contributed by atoms with Crippen molar-refractivity contribution in [3.8, 4) is 5.75 Å². The predicted octanol–water partition coefficient (Wildman–Crippen LogP) is 3.05.